The second-order valence-electron chi connectivity index (χ2n) is 4.03. The van der Waals surface area contributed by atoms with Crippen molar-refractivity contribution >= 4 is 5.91 Å². The van der Waals surface area contributed by atoms with Crippen molar-refractivity contribution in [2.24, 2.45) is 0 Å². The predicted octanol–water partition coefficient (Wildman–Crippen LogP) is 1.84. The SMILES string of the molecule is COC(OC)C(C)NC(=O)c1ccc(C(F)(F)F)cn1. The molecule has 1 amide bonds. The molecule has 0 fully saturated rings. The number of ether oxygens (including phenoxy) is 2. The first kappa shape index (κ1) is 16.4. The van der Waals surface area contributed by atoms with Crippen LogP contribution in [0.2, 0.25) is 0 Å². The van der Waals surface area contributed by atoms with Gasteiger partial charge < -0.3 is 14.8 Å². The van der Waals surface area contributed by atoms with Crippen LogP contribution in [0.1, 0.15) is 23.0 Å². The molecule has 1 aromatic rings. The summed E-state index contributed by atoms with van der Waals surface area (Å²) in [6.45, 7) is 1.64. The van der Waals surface area contributed by atoms with Crippen LogP contribution < -0.4 is 5.32 Å². The quantitative estimate of drug-likeness (QED) is 0.841. The van der Waals surface area contributed by atoms with E-state index >= 15 is 0 Å². The molecule has 5 nitrogen and oxygen atoms in total. The maximum absolute atomic E-state index is 12.4. The first-order valence-corrected chi connectivity index (χ1v) is 5.69. The number of halogens is 3. The maximum atomic E-state index is 12.4. The monoisotopic (exact) mass is 292 g/mol. The van der Waals surface area contributed by atoms with E-state index < -0.39 is 30.0 Å². The fraction of sp³-hybridized carbons (Fsp3) is 0.500. The number of aromatic nitrogens is 1. The Morgan fingerprint density at radius 3 is 2.30 bits per heavy atom. The van der Waals surface area contributed by atoms with Crippen LogP contribution in [-0.4, -0.2) is 37.4 Å². The van der Waals surface area contributed by atoms with Crippen LogP contribution in [0, 0.1) is 0 Å². The standard InChI is InChI=1S/C12H15F3N2O3/c1-7(11(19-2)20-3)17-10(18)9-5-4-8(6-16-9)12(13,14)15/h4-7,11H,1-3H3,(H,17,18). The number of methoxy groups -OCH3 is 2. The number of carbonyl (C=O) groups is 1. The summed E-state index contributed by atoms with van der Waals surface area (Å²) in [5.74, 6) is -0.606. The molecular weight excluding hydrogens is 277 g/mol. The summed E-state index contributed by atoms with van der Waals surface area (Å²) in [6, 6.07) is 1.33. The molecule has 1 unspecified atom stereocenters. The van der Waals surface area contributed by atoms with Crippen LogP contribution in [0.25, 0.3) is 0 Å². The number of hydrogen-bond donors (Lipinski definition) is 1. The Morgan fingerprint density at radius 2 is 1.90 bits per heavy atom. The average Bonchev–Trinajstić information content (AvgIpc) is 2.39. The van der Waals surface area contributed by atoms with Crippen LogP contribution in [0.4, 0.5) is 13.2 Å². The molecule has 8 heteroatoms. The van der Waals surface area contributed by atoms with Gasteiger partial charge in [-0.25, -0.2) is 0 Å². The third-order valence-electron chi connectivity index (χ3n) is 2.56. The zero-order chi connectivity index (χ0) is 15.3. The Kier molecular flexibility index (Phi) is 5.46. The number of nitrogens with one attached hydrogen (secondary N) is 1. The molecule has 20 heavy (non-hydrogen) atoms. The van der Waals surface area contributed by atoms with Gasteiger partial charge in [-0.05, 0) is 19.1 Å². The Morgan fingerprint density at radius 1 is 1.30 bits per heavy atom. The van der Waals surface area contributed by atoms with Gasteiger partial charge in [0.1, 0.15) is 5.69 Å². The molecule has 0 aliphatic heterocycles. The van der Waals surface area contributed by atoms with Crippen LogP contribution in [0.5, 0.6) is 0 Å². The van der Waals surface area contributed by atoms with Gasteiger partial charge in [-0.1, -0.05) is 0 Å². The normalized spacial score (nSPS) is 13.3. The Labute approximate surface area is 114 Å². The highest BCUT2D eigenvalue weighted by Gasteiger charge is 2.31. The molecule has 1 aromatic heterocycles. The van der Waals surface area contributed by atoms with Crippen molar-refractivity contribution in [1.29, 1.82) is 0 Å². The van der Waals surface area contributed by atoms with Crippen molar-refractivity contribution in [3.63, 3.8) is 0 Å². The fourth-order valence-corrected chi connectivity index (χ4v) is 1.55. The average molecular weight is 292 g/mol. The van der Waals surface area contributed by atoms with E-state index in [1.807, 2.05) is 0 Å². The second-order valence-corrected chi connectivity index (χ2v) is 4.03. The van der Waals surface area contributed by atoms with E-state index in [-0.39, 0.29) is 5.69 Å². The maximum Gasteiger partial charge on any atom is 0.417 e. The summed E-state index contributed by atoms with van der Waals surface area (Å²) in [7, 11) is 2.82. The lowest BCUT2D eigenvalue weighted by molar-refractivity contribution is -0.137. The molecule has 0 aromatic carbocycles. The van der Waals surface area contributed by atoms with Crippen LogP contribution >= 0.6 is 0 Å². The highest BCUT2D eigenvalue weighted by Crippen LogP contribution is 2.28. The van der Waals surface area contributed by atoms with E-state index in [0.717, 1.165) is 12.1 Å². The van der Waals surface area contributed by atoms with Crippen molar-refractivity contribution < 1.29 is 27.4 Å². The molecule has 0 aliphatic rings. The Balaban J connectivity index is 2.73. The van der Waals surface area contributed by atoms with Crippen molar-refractivity contribution in [3.8, 4) is 0 Å². The first-order chi connectivity index (χ1) is 9.29. The van der Waals surface area contributed by atoms with Gasteiger partial charge in [0, 0.05) is 20.4 Å². The second kappa shape index (κ2) is 6.67. The largest absolute Gasteiger partial charge is 0.417 e. The summed E-state index contributed by atoms with van der Waals surface area (Å²) in [5, 5.41) is 2.52. The third-order valence-corrected chi connectivity index (χ3v) is 2.56. The zero-order valence-corrected chi connectivity index (χ0v) is 11.2. The van der Waals surface area contributed by atoms with E-state index in [0.29, 0.717) is 6.20 Å². The molecule has 112 valence electrons. The molecule has 0 aliphatic carbocycles. The summed E-state index contributed by atoms with van der Waals surface area (Å²) in [5.41, 5.74) is -1.02. The first-order valence-electron chi connectivity index (χ1n) is 5.69. The third kappa shape index (κ3) is 4.17. The number of nitrogens with zero attached hydrogens (tertiary/aromatic N) is 1. The summed E-state index contributed by atoms with van der Waals surface area (Å²) in [6.07, 6.45) is -4.52. The minimum Gasteiger partial charge on any atom is -0.354 e. The van der Waals surface area contributed by atoms with E-state index in [2.05, 4.69) is 10.3 Å². The molecule has 1 atom stereocenters. The number of hydrogen-bond acceptors (Lipinski definition) is 4. The lowest BCUT2D eigenvalue weighted by atomic mass is 10.2. The number of rotatable bonds is 5. The summed E-state index contributed by atoms with van der Waals surface area (Å²) >= 11 is 0. The predicted molar refractivity (Wildman–Crippen MR) is 64.0 cm³/mol. The summed E-state index contributed by atoms with van der Waals surface area (Å²) < 4.78 is 47.0. The minimum absolute atomic E-state index is 0.115. The molecule has 0 saturated carbocycles. The molecule has 1 N–H and O–H groups in total. The molecule has 0 spiro atoms. The topological polar surface area (TPSA) is 60.5 Å². The lowest BCUT2D eigenvalue weighted by Crippen LogP contribution is -2.43. The van der Waals surface area contributed by atoms with Gasteiger partial charge in [0.05, 0.1) is 11.6 Å². The summed E-state index contributed by atoms with van der Waals surface area (Å²) in [4.78, 5) is 15.3. The van der Waals surface area contributed by atoms with Gasteiger partial charge in [0.2, 0.25) is 0 Å². The molecule has 0 bridgehead atoms. The molecular formula is C12H15F3N2O3. The van der Waals surface area contributed by atoms with E-state index in [9.17, 15) is 18.0 Å². The smallest absolute Gasteiger partial charge is 0.354 e. The van der Waals surface area contributed by atoms with Gasteiger partial charge in [0.15, 0.2) is 6.29 Å². The number of pyridine rings is 1. The van der Waals surface area contributed by atoms with Crippen molar-refractivity contribution in [2.45, 2.75) is 25.4 Å². The van der Waals surface area contributed by atoms with E-state index in [1.165, 1.54) is 14.2 Å². The van der Waals surface area contributed by atoms with Gasteiger partial charge in [-0.2, -0.15) is 13.2 Å². The molecule has 0 radical (unpaired) electrons. The molecule has 1 rings (SSSR count). The lowest BCUT2D eigenvalue weighted by Gasteiger charge is -2.21. The van der Waals surface area contributed by atoms with Crippen molar-refractivity contribution in [3.05, 3.63) is 29.6 Å². The highest BCUT2D eigenvalue weighted by atomic mass is 19.4. The van der Waals surface area contributed by atoms with E-state index in [1.54, 1.807) is 6.92 Å². The molecule has 1 heterocycles. The number of alkyl halides is 3. The van der Waals surface area contributed by atoms with Gasteiger partial charge in [0.25, 0.3) is 5.91 Å². The van der Waals surface area contributed by atoms with Gasteiger partial charge in [-0.3, -0.25) is 9.78 Å². The van der Waals surface area contributed by atoms with Crippen molar-refractivity contribution in [2.75, 3.05) is 14.2 Å². The molecule has 0 saturated heterocycles. The zero-order valence-electron chi connectivity index (χ0n) is 11.2. The number of carbonyl (C=O) groups excluding carboxylic acids is 1. The van der Waals surface area contributed by atoms with Crippen LogP contribution in [0.15, 0.2) is 18.3 Å². The van der Waals surface area contributed by atoms with Crippen molar-refractivity contribution in [1.82, 2.24) is 10.3 Å². The fourth-order valence-electron chi connectivity index (χ4n) is 1.55. The Bertz CT molecular complexity index is 444. The van der Waals surface area contributed by atoms with Crippen LogP contribution in [0.3, 0.4) is 0 Å². The van der Waals surface area contributed by atoms with Crippen LogP contribution in [-0.2, 0) is 15.7 Å². The Hall–Kier alpha value is -1.67. The van der Waals surface area contributed by atoms with Gasteiger partial charge >= 0.3 is 6.18 Å². The van der Waals surface area contributed by atoms with E-state index in [4.69, 9.17) is 9.47 Å². The van der Waals surface area contributed by atoms with Gasteiger partial charge in [-0.15, -0.1) is 0 Å². The minimum atomic E-state index is -4.48. The number of amides is 1. The highest BCUT2D eigenvalue weighted by molar-refractivity contribution is 5.92.